The van der Waals surface area contributed by atoms with E-state index in [1.807, 2.05) is 0 Å². The summed E-state index contributed by atoms with van der Waals surface area (Å²) in [6.45, 7) is 0. The van der Waals surface area contributed by atoms with Gasteiger partial charge in [0.15, 0.2) is 5.82 Å². The van der Waals surface area contributed by atoms with E-state index in [0.29, 0.717) is 0 Å². The molecule has 86 valence electrons. The first-order valence-electron chi connectivity index (χ1n) is 4.54. The molecule has 2 heterocycles. The van der Waals surface area contributed by atoms with Gasteiger partial charge in [0.25, 0.3) is 5.91 Å². The van der Waals surface area contributed by atoms with Gasteiger partial charge >= 0.3 is 0 Å². The Balaban J connectivity index is 2.17. The van der Waals surface area contributed by atoms with Crippen LogP contribution < -0.4 is 5.32 Å². The fourth-order valence-corrected chi connectivity index (χ4v) is 1.27. The molecule has 7 heteroatoms. The van der Waals surface area contributed by atoms with Gasteiger partial charge in [-0.2, -0.15) is 0 Å². The maximum Gasteiger partial charge on any atom is 0.258 e. The highest BCUT2D eigenvalue weighted by atomic mass is 35.5. The lowest BCUT2D eigenvalue weighted by Crippen LogP contribution is -2.13. The zero-order valence-electron chi connectivity index (χ0n) is 8.39. The van der Waals surface area contributed by atoms with Crippen molar-refractivity contribution in [3.63, 3.8) is 0 Å². The molecule has 0 aromatic carbocycles. The van der Waals surface area contributed by atoms with Gasteiger partial charge in [0, 0.05) is 6.20 Å². The lowest BCUT2D eigenvalue weighted by Gasteiger charge is -2.03. The highest BCUT2D eigenvalue weighted by molar-refractivity contribution is 6.29. The van der Waals surface area contributed by atoms with E-state index in [-0.39, 0.29) is 16.5 Å². The van der Waals surface area contributed by atoms with Crippen molar-refractivity contribution in [3.05, 3.63) is 47.4 Å². The van der Waals surface area contributed by atoms with Crippen LogP contribution in [0.2, 0.25) is 5.15 Å². The van der Waals surface area contributed by atoms with Gasteiger partial charge in [-0.25, -0.2) is 9.37 Å². The van der Waals surface area contributed by atoms with Gasteiger partial charge < -0.3 is 5.32 Å². The molecule has 0 spiro atoms. The number of amides is 1. The standard InChI is InChI=1S/C10H6ClFN4O/c11-8-4-14-5-9(15-8)16-10(17)6-1-7(12)3-13-2-6/h1-5H,(H,15,16,17). The van der Waals surface area contributed by atoms with E-state index < -0.39 is 11.7 Å². The number of pyridine rings is 1. The molecule has 0 aliphatic heterocycles. The van der Waals surface area contributed by atoms with Crippen LogP contribution in [0.1, 0.15) is 10.4 Å². The summed E-state index contributed by atoms with van der Waals surface area (Å²) >= 11 is 5.60. The summed E-state index contributed by atoms with van der Waals surface area (Å²) in [5.41, 5.74) is 0.0896. The molecule has 0 atom stereocenters. The van der Waals surface area contributed by atoms with Crippen molar-refractivity contribution >= 4 is 23.3 Å². The van der Waals surface area contributed by atoms with E-state index >= 15 is 0 Å². The predicted octanol–water partition coefficient (Wildman–Crippen LogP) is 1.92. The fraction of sp³-hybridized carbons (Fsp3) is 0. The Labute approximate surface area is 101 Å². The van der Waals surface area contributed by atoms with Crippen molar-refractivity contribution in [1.82, 2.24) is 15.0 Å². The number of rotatable bonds is 2. The Bertz CT molecular complexity index is 564. The van der Waals surface area contributed by atoms with Gasteiger partial charge in [-0.15, -0.1) is 0 Å². The summed E-state index contributed by atoms with van der Waals surface area (Å²) in [6, 6.07) is 1.07. The molecular weight excluding hydrogens is 247 g/mol. The number of halogens is 2. The number of carbonyl (C=O) groups excluding carboxylic acids is 1. The molecule has 2 rings (SSSR count). The average molecular weight is 253 g/mol. The minimum atomic E-state index is -0.588. The molecule has 0 saturated carbocycles. The molecule has 0 unspecified atom stereocenters. The number of nitrogens with zero attached hydrogens (tertiary/aromatic N) is 3. The average Bonchev–Trinajstić information content (AvgIpc) is 2.29. The van der Waals surface area contributed by atoms with Gasteiger partial charge in [0.05, 0.1) is 24.2 Å². The maximum absolute atomic E-state index is 12.8. The zero-order valence-corrected chi connectivity index (χ0v) is 9.15. The van der Waals surface area contributed by atoms with Crippen LogP contribution in [0, 0.1) is 5.82 Å². The first-order valence-corrected chi connectivity index (χ1v) is 4.92. The molecular formula is C10H6ClFN4O. The van der Waals surface area contributed by atoms with Gasteiger partial charge in [-0.05, 0) is 6.07 Å². The number of hydrogen-bond donors (Lipinski definition) is 1. The van der Waals surface area contributed by atoms with Crippen LogP contribution in [0.5, 0.6) is 0 Å². The van der Waals surface area contributed by atoms with Crippen LogP contribution in [0.25, 0.3) is 0 Å². The van der Waals surface area contributed by atoms with E-state index in [1.54, 1.807) is 0 Å². The van der Waals surface area contributed by atoms with E-state index in [1.165, 1.54) is 18.6 Å². The summed E-state index contributed by atoms with van der Waals surface area (Å²) in [4.78, 5) is 22.8. The topological polar surface area (TPSA) is 67.8 Å². The molecule has 0 bridgehead atoms. The Morgan fingerprint density at radius 2 is 2.00 bits per heavy atom. The van der Waals surface area contributed by atoms with Crippen LogP contribution in [-0.2, 0) is 0 Å². The van der Waals surface area contributed by atoms with E-state index in [4.69, 9.17) is 11.6 Å². The van der Waals surface area contributed by atoms with E-state index in [0.717, 1.165) is 12.3 Å². The monoisotopic (exact) mass is 252 g/mol. The summed E-state index contributed by atoms with van der Waals surface area (Å²) in [7, 11) is 0. The number of hydrogen-bond acceptors (Lipinski definition) is 4. The smallest absolute Gasteiger partial charge is 0.258 e. The lowest BCUT2D eigenvalue weighted by molar-refractivity contribution is 0.102. The molecule has 0 aliphatic carbocycles. The second kappa shape index (κ2) is 4.84. The minimum Gasteiger partial charge on any atom is -0.305 e. The molecule has 0 aliphatic rings. The molecule has 0 saturated heterocycles. The summed E-state index contributed by atoms with van der Waals surface area (Å²) in [5, 5.41) is 2.58. The molecule has 5 nitrogen and oxygen atoms in total. The zero-order chi connectivity index (χ0) is 12.3. The van der Waals surface area contributed by atoms with E-state index in [9.17, 15) is 9.18 Å². The number of nitrogens with one attached hydrogen (secondary N) is 1. The normalized spacial score (nSPS) is 10.0. The SMILES string of the molecule is O=C(Nc1cncc(Cl)n1)c1cncc(F)c1. The fourth-order valence-electron chi connectivity index (χ4n) is 1.13. The van der Waals surface area contributed by atoms with Gasteiger partial charge in [-0.1, -0.05) is 11.6 Å². The van der Waals surface area contributed by atoms with Gasteiger partial charge in [0.1, 0.15) is 11.0 Å². The second-order valence-electron chi connectivity index (χ2n) is 3.07. The quantitative estimate of drug-likeness (QED) is 0.887. The van der Waals surface area contributed by atoms with Crippen molar-refractivity contribution in [1.29, 1.82) is 0 Å². The van der Waals surface area contributed by atoms with Crippen LogP contribution in [0.4, 0.5) is 10.2 Å². The molecule has 2 aromatic rings. The molecule has 0 fully saturated rings. The third kappa shape index (κ3) is 2.94. The Morgan fingerprint density at radius 1 is 1.24 bits per heavy atom. The van der Waals surface area contributed by atoms with Crippen molar-refractivity contribution < 1.29 is 9.18 Å². The minimum absolute atomic E-state index is 0.0896. The molecule has 2 aromatic heterocycles. The largest absolute Gasteiger partial charge is 0.305 e. The van der Waals surface area contributed by atoms with Crippen molar-refractivity contribution in [2.24, 2.45) is 0 Å². The molecule has 17 heavy (non-hydrogen) atoms. The molecule has 1 N–H and O–H groups in total. The van der Waals surface area contributed by atoms with Gasteiger partial charge in [-0.3, -0.25) is 14.8 Å². The second-order valence-corrected chi connectivity index (χ2v) is 3.46. The van der Waals surface area contributed by atoms with Crippen molar-refractivity contribution in [3.8, 4) is 0 Å². The highest BCUT2D eigenvalue weighted by Gasteiger charge is 2.08. The third-order valence-electron chi connectivity index (χ3n) is 1.81. The van der Waals surface area contributed by atoms with Crippen LogP contribution in [-0.4, -0.2) is 20.9 Å². The molecule has 1 amide bonds. The summed E-state index contributed by atoms with van der Waals surface area (Å²) in [5.74, 6) is -0.935. The number of carbonyl (C=O) groups is 1. The number of aromatic nitrogens is 3. The van der Waals surface area contributed by atoms with Crippen LogP contribution in [0.15, 0.2) is 30.9 Å². The van der Waals surface area contributed by atoms with Gasteiger partial charge in [0.2, 0.25) is 0 Å². The van der Waals surface area contributed by atoms with E-state index in [2.05, 4.69) is 20.3 Å². The number of anilines is 1. The maximum atomic E-state index is 12.8. The van der Waals surface area contributed by atoms with Crippen LogP contribution in [0.3, 0.4) is 0 Å². The van der Waals surface area contributed by atoms with Crippen LogP contribution >= 0.6 is 11.6 Å². The Kier molecular flexibility index (Phi) is 3.24. The molecule has 0 radical (unpaired) electrons. The first kappa shape index (κ1) is 11.4. The van der Waals surface area contributed by atoms with Crippen molar-refractivity contribution in [2.75, 3.05) is 5.32 Å². The summed E-state index contributed by atoms with van der Waals surface area (Å²) in [6.07, 6.45) is 4.92. The summed E-state index contributed by atoms with van der Waals surface area (Å²) < 4.78 is 12.8. The first-order chi connectivity index (χ1) is 8.15. The Hall–Kier alpha value is -2.08. The third-order valence-corrected chi connectivity index (χ3v) is 2.00. The highest BCUT2D eigenvalue weighted by Crippen LogP contribution is 2.09. The lowest BCUT2D eigenvalue weighted by atomic mass is 10.2. The van der Waals surface area contributed by atoms with Crippen molar-refractivity contribution in [2.45, 2.75) is 0 Å². The predicted molar refractivity (Wildman–Crippen MR) is 59.2 cm³/mol. The Morgan fingerprint density at radius 3 is 2.71 bits per heavy atom.